The molecule has 0 saturated heterocycles. The SMILES string of the molecule is CCCCOc1c(-c2c(F)c(F)c(-c3c(OCCCC)c(=O)c3=O)c(F)c2F)c(=O)c1=O. The van der Waals surface area contributed by atoms with Crippen LogP contribution in [0.25, 0.3) is 22.3 Å². The molecule has 0 aliphatic heterocycles. The highest BCUT2D eigenvalue weighted by atomic mass is 19.2. The van der Waals surface area contributed by atoms with Crippen molar-refractivity contribution >= 4 is 0 Å². The minimum atomic E-state index is -2.00. The fourth-order valence-electron chi connectivity index (χ4n) is 3.18. The van der Waals surface area contributed by atoms with E-state index in [-0.39, 0.29) is 13.2 Å². The number of rotatable bonds is 10. The fraction of sp³-hybridized carbons (Fsp3) is 0.364. The van der Waals surface area contributed by atoms with Crippen molar-refractivity contribution in [3.05, 3.63) is 64.2 Å². The van der Waals surface area contributed by atoms with Crippen LogP contribution in [0.5, 0.6) is 11.5 Å². The van der Waals surface area contributed by atoms with Crippen LogP contribution >= 0.6 is 0 Å². The van der Waals surface area contributed by atoms with Gasteiger partial charge in [-0.3, -0.25) is 19.2 Å². The summed E-state index contributed by atoms with van der Waals surface area (Å²) >= 11 is 0. The average Bonchev–Trinajstić information content (AvgIpc) is 2.79. The molecule has 0 spiro atoms. The molecule has 32 heavy (non-hydrogen) atoms. The highest BCUT2D eigenvalue weighted by Crippen LogP contribution is 2.39. The zero-order valence-corrected chi connectivity index (χ0v) is 17.2. The van der Waals surface area contributed by atoms with Crippen molar-refractivity contribution < 1.29 is 27.0 Å². The van der Waals surface area contributed by atoms with Crippen molar-refractivity contribution in [2.45, 2.75) is 39.5 Å². The first-order chi connectivity index (χ1) is 15.2. The summed E-state index contributed by atoms with van der Waals surface area (Å²) in [6.07, 6.45) is 2.21. The molecule has 170 valence electrons. The van der Waals surface area contributed by atoms with Gasteiger partial charge in [-0.05, 0) is 12.8 Å². The van der Waals surface area contributed by atoms with Crippen molar-refractivity contribution in [1.82, 2.24) is 0 Å². The zero-order chi connectivity index (χ0) is 23.7. The van der Waals surface area contributed by atoms with Crippen LogP contribution in [-0.4, -0.2) is 13.2 Å². The molecule has 6 nitrogen and oxygen atoms in total. The maximum atomic E-state index is 14.8. The van der Waals surface area contributed by atoms with Gasteiger partial charge in [-0.2, -0.15) is 0 Å². The highest BCUT2D eigenvalue weighted by Gasteiger charge is 2.37. The Labute approximate surface area is 178 Å². The second-order valence-corrected chi connectivity index (χ2v) is 7.13. The number of halogens is 4. The minimum Gasteiger partial charge on any atom is -0.489 e. The number of hydrogen-bond acceptors (Lipinski definition) is 6. The predicted octanol–water partition coefficient (Wildman–Crippen LogP) is 3.13. The van der Waals surface area contributed by atoms with E-state index in [1.54, 1.807) is 13.8 Å². The van der Waals surface area contributed by atoms with E-state index in [0.717, 1.165) is 0 Å². The standard InChI is InChI=1S/C22H18F4O6/c1-3-5-7-31-21-11(17(27)19(21)29)9-13(23)15(25)10(16(26)14(9)24)12-18(28)20(30)22(12)32-8-6-4-2/h3-8H2,1-2H3. The molecule has 0 aromatic heterocycles. The molecule has 0 N–H and O–H groups in total. The molecule has 0 atom stereocenters. The molecule has 0 aliphatic rings. The van der Waals surface area contributed by atoms with Crippen molar-refractivity contribution in [2.24, 2.45) is 0 Å². The Hall–Kier alpha value is -3.30. The van der Waals surface area contributed by atoms with E-state index in [1.165, 1.54) is 0 Å². The summed E-state index contributed by atoms with van der Waals surface area (Å²) < 4.78 is 69.4. The highest BCUT2D eigenvalue weighted by molar-refractivity contribution is 5.81. The Morgan fingerprint density at radius 3 is 1.12 bits per heavy atom. The van der Waals surface area contributed by atoms with Gasteiger partial charge in [0.15, 0.2) is 34.8 Å². The summed E-state index contributed by atoms with van der Waals surface area (Å²) in [6.45, 7) is 3.50. The Morgan fingerprint density at radius 1 is 0.531 bits per heavy atom. The van der Waals surface area contributed by atoms with Gasteiger partial charge in [0.1, 0.15) is 0 Å². The Morgan fingerprint density at radius 2 is 0.844 bits per heavy atom. The maximum Gasteiger partial charge on any atom is 0.268 e. The summed E-state index contributed by atoms with van der Waals surface area (Å²) in [5, 5.41) is 0. The number of benzene rings is 1. The first kappa shape index (κ1) is 23.4. The Bertz CT molecular complexity index is 1200. The van der Waals surface area contributed by atoms with Gasteiger partial charge in [-0.25, -0.2) is 17.6 Å². The summed E-state index contributed by atoms with van der Waals surface area (Å²) in [5.74, 6) is -9.38. The van der Waals surface area contributed by atoms with Gasteiger partial charge in [0.05, 0.1) is 35.5 Å². The second-order valence-electron chi connectivity index (χ2n) is 7.13. The molecular formula is C22H18F4O6. The lowest BCUT2D eigenvalue weighted by atomic mass is 9.92. The van der Waals surface area contributed by atoms with E-state index >= 15 is 0 Å². The van der Waals surface area contributed by atoms with Crippen molar-refractivity contribution in [2.75, 3.05) is 13.2 Å². The Balaban J connectivity index is 2.15. The van der Waals surface area contributed by atoms with E-state index in [9.17, 15) is 36.7 Å². The molecular weight excluding hydrogens is 436 g/mol. The summed E-state index contributed by atoms with van der Waals surface area (Å²) in [4.78, 5) is 47.3. The quantitative estimate of drug-likeness (QED) is 0.203. The van der Waals surface area contributed by atoms with Crippen LogP contribution in [0, 0.1) is 23.3 Å². The molecule has 0 saturated carbocycles. The van der Waals surface area contributed by atoms with E-state index in [4.69, 9.17) is 9.47 Å². The smallest absolute Gasteiger partial charge is 0.268 e. The van der Waals surface area contributed by atoms with Gasteiger partial charge >= 0.3 is 0 Å². The summed E-state index contributed by atoms with van der Waals surface area (Å²) in [5.41, 5.74) is -9.73. The molecule has 0 fully saturated rings. The van der Waals surface area contributed by atoms with E-state index < -0.39 is 78.7 Å². The van der Waals surface area contributed by atoms with Crippen LogP contribution < -0.4 is 31.2 Å². The van der Waals surface area contributed by atoms with Gasteiger partial charge in [-0.1, -0.05) is 26.7 Å². The van der Waals surface area contributed by atoms with Crippen molar-refractivity contribution in [3.63, 3.8) is 0 Å². The van der Waals surface area contributed by atoms with E-state index in [1.807, 2.05) is 0 Å². The first-order valence-electron chi connectivity index (χ1n) is 9.97. The van der Waals surface area contributed by atoms with E-state index in [0.29, 0.717) is 25.7 Å². The fourth-order valence-corrected chi connectivity index (χ4v) is 3.18. The molecule has 3 aromatic rings. The minimum absolute atomic E-state index is 0.0530. The number of unbranched alkanes of at least 4 members (excludes halogenated alkanes) is 2. The summed E-state index contributed by atoms with van der Waals surface area (Å²) in [7, 11) is 0. The molecule has 3 rings (SSSR count). The number of hydrogen-bond donors (Lipinski definition) is 0. The van der Waals surface area contributed by atoms with Crippen LogP contribution in [0.1, 0.15) is 39.5 Å². The molecule has 0 aliphatic carbocycles. The van der Waals surface area contributed by atoms with Gasteiger partial charge in [0.25, 0.3) is 10.9 Å². The normalized spacial score (nSPS) is 11.4. The third kappa shape index (κ3) is 3.53. The van der Waals surface area contributed by atoms with Crippen LogP contribution in [0.15, 0.2) is 19.2 Å². The van der Waals surface area contributed by atoms with Gasteiger partial charge < -0.3 is 9.47 Å². The van der Waals surface area contributed by atoms with Gasteiger partial charge in [0, 0.05) is 0 Å². The predicted molar refractivity (Wildman–Crippen MR) is 108 cm³/mol. The lowest BCUT2D eigenvalue weighted by Gasteiger charge is -2.18. The third-order valence-corrected chi connectivity index (χ3v) is 4.99. The molecule has 0 unspecified atom stereocenters. The maximum absolute atomic E-state index is 14.8. The molecule has 3 aromatic carbocycles. The molecule has 0 radical (unpaired) electrons. The largest absolute Gasteiger partial charge is 0.489 e. The molecule has 0 amide bonds. The lowest BCUT2D eigenvalue weighted by Crippen LogP contribution is -2.36. The average molecular weight is 454 g/mol. The number of ether oxygens (including phenoxy) is 2. The molecule has 10 heteroatoms. The van der Waals surface area contributed by atoms with Gasteiger partial charge in [-0.15, -0.1) is 0 Å². The van der Waals surface area contributed by atoms with Crippen molar-refractivity contribution in [1.29, 1.82) is 0 Å². The van der Waals surface area contributed by atoms with E-state index in [2.05, 4.69) is 0 Å². The zero-order valence-electron chi connectivity index (χ0n) is 17.2. The third-order valence-electron chi connectivity index (χ3n) is 4.99. The second kappa shape index (κ2) is 9.05. The van der Waals surface area contributed by atoms with Crippen LogP contribution in [-0.2, 0) is 0 Å². The Kier molecular flexibility index (Phi) is 6.61. The van der Waals surface area contributed by atoms with Gasteiger partial charge in [0.2, 0.25) is 10.9 Å². The topological polar surface area (TPSA) is 86.7 Å². The summed E-state index contributed by atoms with van der Waals surface area (Å²) in [6, 6.07) is 0. The van der Waals surface area contributed by atoms with Crippen LogP contribution in [0.4, 0.5) is 17.6 Å². The lowest BCUT2D eigenvalue weighted by molar-refractivity contribution is 0.303. The first-order valence-corrected chi connectivity index (χ1v) is 9.97. The van der Waals surface area contributed by atoms with Crippen LogP contribution in [0.2, 0.25) is 0 Å². The monoisotopic (exact) mass is 454 g/mol. The van der Waals surface area contributed by atoms with Crippen LogP contribution in [0.3, 0.4) is 0 Å². The molecule has 0 bridgehead atoms. The van der Waals surface area contributed by atoms with Crippen molar-refractivity contribution in [3.8, 4) is 33.8 Å². The molecule has 0 heterocycles.